The van der Waals surface area contributed by atoms with E-state index in [-0.39, 0.29) is 13.2 Å². The van der Waals surface area contributed by atoms with Crippen molar-refractivity contribution >= 4 is 5.69 Å². The normalized spacial score (nSPS) is 15.8. The highest BCUT2D eigenvalue weighted by atomic mass is 16.5. The van der Waals surface area contributed by atoms with Crippen LogP contribution in [0.4, 0.5) is 5.69 Å². The van der Waals surface area contributed by atoms with Gasteiger partial charge in [-0.1, -0.05) is 42.0 Å². The lowest BCUT2D eigenvalue weighted by molar-refractivity contribution is 0.0143. The van der Waals surface area contributed by atoms with Crippen molar-refractivity contribution in [1.82, 2.24) is 4.90 Å². The van der Waals surface area contributed by atoms with Gasteiger partial charge in [-0.15, -0.1) is 0 Å². The number of anilines is 1. The highest BCUT2D eigenvalue weighted by Crippen LogP contribution is 2.38. The Morgan fingerprint density at radius 2 is 1.75 bits per heavy atom. The smallest absolute Gasteiger partial charge is 0.120 e. The summed E-state index contributed by atoms with van der Waals surface area (Å²) in [7, 11) is 0. The lowest BCUT2D eigenvalue weighted by atomic mass is 9.93. The molecule has 36 heavy (non-hydrogen) atoms. The minimum atomic E-state index is -1.04. The number of piperazine rings is 1. The summed E-state index contributed by atoms with van der Waals surface area (Å²) in [6, 6.07) is 22.0. The molecule has 0 aliphatic carbocycles. The summed E-state index contributed by atoms with van der Waals surface area (Å²) in [6.45, 7) is 10.1. The molecule has 1 heterocycles. The average Bonchev–Trinajstić information content (AvgIpc) is 2.87. The van der Waals surface area contributed by atoms with Gasteiger partial charge in [-0.05, 0) is 61.7 Å². The number of nitrogens with zero attached hydrogens (tertiary/aromatic N) is 3. The highest BCUT2D eigenvalue weighted by Gasteiger charge is 2.29. The van der Waals surface area contributed by atoms with Gasteiger partial charge < -0.3 is 19.8 Å². The number of aryl methyl sites for hydroxylation is 2. The van der Waals surface area contributed by atoms with Crippen molar-refractivity contribution in [2.75, 3.05) is 50.8 Å². The molecule has 0 spiro atoms. The first-order valence-corrected chi connectivity index (χ1v) is 12.5. The maximum atomic E-state index is 11.2. The second-order valence-corrected chi connectivity index (χ2v) is 9.81. The van der Waals surface area contributed by atoms with Gasteiger partial charge in [-0.2, -0.15) is 5.26 Å². The second kappa shape index (κ2) is 11.1. The molecule has 1 aliphatic heterocycles. The van der Waals surface area contributed by atoms with Gasteiger partial charge in [0.25, 0.3) is 0 Å². The first-order chi connectivity index (χ1) is 17.3. The zero-order valence-corrected chi connectivity index (χ0v) is 21.4. The van der Waals surface area contributed by atoms with E-state index in [1.165, 1.54) is 11.3 Å². The predicted molar refractivity (Wildman–Crippen MR) is 143 cm³/mol. The van der Waals surface area contributed by atoms with Gasteiger partial charge in [0.05, 0.1) is 23.8 Å². The number of ether oxygens (including phenoxy) is 1. The molecule has 3 aromatic carbocycles. The summed E-state index contributed by atoms with van der Waals surface area (Å²) in [4.78, 5) is 4.71. The molecule has 6 nitrogen and oxygen atoms in total. The second-order valence-electron chi connectivity index (χ2n) is 9.81. The van der Waals surface area contributed by atoms with Crippen LogP contribution in [0.3, 0.4) is 0 Å². The molecule has 0 bridgehead atoms. The average molecular weight is 486 g/mol. The van der Waals surface area contributed by atoms with E-state index in [0.29, 0.717) is 12.1 Å². The number of nitriles is 1. The fourth-order valence-corrected chi connectivity index (χ4v) is 5.03. The van der Waals surface area contributed by atoms with Crippen molar-refractivity contribution in [3.63, 3.8) is 0 Å². The Balaban J connectivity index is 1.54. The third-order valence-electron chi connectivity index (χ3n) is 6.80. The molecule has 1 atom stereocenters. The molecule has 1 saturated heterocycles. The van der Waals surface area contributed by atoms with Crippen LogP contribution >= 0.6 is 0 Å². The number of rotatable bonds is 8. The maximum absolute atomic E-state index is 11.2. The van der Waals surface area contributed by atoms with Crippen LogP contribution in [0.2, 0.25) is 0 Å². The molecule has 0 amide bonds. The van der Waals surface area contributed by atoms with Crippen LogP contribution in [0, 0.1) is 25.2 Å². The van der Waals surface area contributed by atoms with Crippen LogP contribution < -0.4 is 9.64 Å². The first-order valence-electron chi connectivity index (χ1n) is 12.5. The third kappa shape index (κ3) is 5.88. The lowest BCUT2D eigenvalue weighted by Crippen LogP contribution is -2.50. The molecular weight excluding hydrogens is 450 g/mol. The van der Waals surface area contributed by atoms with E-state index in [0.717, 1.165) is 54.2 Å². The molecule has 0 aromatic heterocycles. The van der Waals surface area contributed by atoms with E-state index in [4.69, 9.17) is 4.74 Å². The van der Waals surface area contributed by atoms with Gasteiger partial charge in [0.2, 0.25) is 0 Å². The number of hydrogen-bond donors (Lipinski definition) is 2. The van der Waals surface area contributed by atoms with Crippen molar-refractivity contribution < 1.29 is 14.9 Å². The van der Waals surface area contributed by atoms with Crippen LogP contribution in [0.15, 0.2) is 60.7 Å². The lowest BCUT2D eigenvalue weighted by Gasteiger charge is -2.40. The van der Waals surface area contributed by atoms with E-state index in [9.17, 15) is 15.5 Å². The summed E-state index contributed by atoms with van der Waals surface area (Å²) < 4.78 is 5.78. The Morgan fingerprint density at radius 3 is 2.44 bits per heavy atom. The molecule has 0 saturated carbocycles. The third-order valence-corrected chi connectivity index (χ3v) is 6.80. The van der Waals surface area contributed by atoms with Crippen molar-refractivity contribution in [3.8, 4) is 22.9 Å². The van der Waals surface area contributed by atoms with Crippen molar-refractivity contribution in [1.29, 1.82) is 5.26 Å². The molecule has 0 unspecified atom stereocenters. The van der Waals surface area contributed by atoms with Gasteiger partial charge in [-0.25, -0.2) is 0 Å². The van der Waals surface area contributed by atoms with E-state index in [2.05, 4.69) is 60.0 Å². The molecule has 3 aromatic rings. The standard InChI is InChI=1S/C30H35N3O3/c1-22-6-4-8-25(16-22)28-19-27(36-15-14-34)17-23(2)29(28)33-12-10-32(11-13-33)21-30(3,35)26-9-5-7-24(18-26)20-31/h4-9,16-19,34-35H,10-15,21H2,1-3H3/t30-/m1/s1. The Bertz CT molecular complexity index is 1240. The number of benzene rings is 3. The van der Waals surface area contributed by atoms with Gasteiger partial charge in [0, 0.05) is 44.0 Å². The van der Waals surface area contributed by atoms with Crippen LogP contribution in [0.25, 0.3) is 11.1 Å². The Hall–Kier alpha value is -3.37. The number of aliphatic hydroxyl groups excluding tert-OH is 1. The zero-order chi connectivity index (χ0) is 25.7. The summed E-state index contributed by atoms with van der Waals surface area (Å²) in [5.41, 5.74) is 6.09. The van der Waals surface area contributed by atoms with E-state index in [1.54, 1.807) is 12.1 Å². The Labute approximate surface area is 214 Å². The van der Waals surface area contributed by atoms with Gasteiger partial charge in [0.15, 0.2) is 0 Å². The maximum Gasteiger partial charge on any atom is 0.120 e. The molecule has 188 valence electrons. The van der Waals surface area contributed by atoms with Crippen LogP contribution in [-0.4, -0.2) is 61.1 Å². The fourth-order valence-electron chi connectivity index (χ4n) is 5.03. The SMILES string of the molecule is Cc1cccc(-c2cc(OCCO)cc(C)c2N2CCN(C[C@@](C)(O)c3cccc(C#N)c3)CC2)c1. The number of β-amino-alcohol motifs (C(OH)–C–C–N with tert-alkyl or cyclic N) is 1. The molecule has 1 fully saturated rings. The van der Waals surface area contributed by atoms with Crippen molar-refractivity contribution in [2.45, 2.75) is 26.4 Å². The van der Waals surface area contributed by atoms with Crippen LogP contribution in [0.5, 0.6) is 5.75 Å². The molecule has 4 rings (SSSR count). The van der Waals surface area contributed by atoms with E-state index < -0.39 is 5.60 Å². The van der Waals surface area contributed by atoms with Crippen molar-refractivity contribution in [3.05, 3.63) is 82.9 Å². The minimum Gasteiger partial charge on any atom is -0.491 e. The van der Waals surface area contributed by atoms with E-state index in [1.807, 2.05) is 25.1 Å². The zero-order valence-electron chi connectivity index (χ0n) is 21.4. The van der Waals surface area contributed by atoms with Gasteiger partial charge in [0.1, 0.15) is 12.4 Å². The topological polar surface area (TPSA) is 80.0 Å². The first kappa shape index (κ1) is 25.7. The molecule has 1 aliphatic rings. The van der Waals surface area contributed by atoms with Gasteiger partial charge >= 0.3 is 0 Å². The monoisotopic (exact) mass is 485 g/mol. The summed E-state index contributed by atoms with van der Waals surface area (Å²) in [5.74, 6) is 0.760. The Morgan fingerprint density at radius 1 is 1.00 bits per heavy atom. The molecular formula is C30H35N3O3. The largest absolute Gasteiger partial charge is 0.491 e. The predicted octanol–water partition coefficient (Wildman–Crippen LogP) is 4.24. The van der Waals surface area contributed by atoms with Crippen LogP contribution in [-0.2, 0) is 5.60 Å². The summed E-state index contributed by atoms with van der Waals surface area (Å²) >= 11 is 0. The van der Waals surface area contributed by atoms with Crippen LogP contribution in [0.1, 0.15) is 29.2 Å². The Kier molecular flexibility index (Phi) is 7.95. The number of aliphatic hydroxyl groups is 2. The summed E-state index contributed by atoms with van der Waals surface area (Å²) in [6.07, 6.45) is 0. The minimum absolute atomic E-state index is 0.0207. The van der Waals surface area contributed by atoms with E-state index >= 15 is 0 Å². The molecule has 2 N–H and O–H groups in total. The van der Waals surface area contributed by atoms with Crippen molar-refractivity contribution in [2.24, 2.45) is 0 Å². The fraction of sp³-hybridized carbons (Fsp3) is 0.367. The molecule has 6 heteroatoms. The molecule has 0 radical (unpaired) electrons. The quantitative estimate of drug-likeness (QED) is 0.497. The highest BCUT2D eigenvalue weighted by molar-refractivity contribution is 5.83. The van der Waals surface area contributed by atoms with Gasteiger partial charge in [-0.3, -0.25) is 4.90 Å². The number of hydrogen-bond acceptors (Lipinski definition) is 6. The summed E-state index contributed by atoms with van der Waals surface area (Å²) in [5, 5.41) is 29.6.